The smallest absolute Gasteiger partial charge is 0.335 e. The van der Waals surface area contributed by atoms with Gasteiger partial charge in [0.15, 0.2) is 5.88 Å². The van der Waals surface area contributed by atoms with Gasteiger partial charge in [-0.2, -0.15) is 16.8 Å². The molecule has 1 heterocycles. The van der Waals surface area contributed by atoms with Gasteiger partial charge >= 0.3 is 5.97 Å². The first-order valence-electron chi connectivity index (χ1n) is 14.2. The van der Waals surface area contributed by atoms with Gasteiger partial charge in [0.05, 0.1) is 5.56 Å². The van der Waals surface area contributed by atoms with Crippen molar-refractivity contribution in [3.05, 3.63) is 118 Å². The molecule has 2 aromatic carbocycles. The lowest BCUT2D eigenvalue weighted by atomic mass is 9.80. The molecule has 2 aromatic rings. The number of allylic oxidation sites excluding steroid dienone is 9. The summed E-state index contributed by atoms with van der Waals surface area (Å²) in [5, 5.41) is 18.4. The van der Waals surface area contributed by atoms with Gasteiger partial charge in [-0.15, -0.1) is 0 Å². The Labute approximate surface area is 269 Å². The van der Waals surface area contributed by atoms with Crippen LogP contribution in [0.15, 0.2) is 89.7 Å². The number of carbonyl (C=O) groups is 1. The molecule has 46 heavy (non-hydrogen) atoms. The molecule has 0 unspecified atom stereocenters. The molecule has 4 N–H and O–H groups in total. The minimum Gasteiger partial charge on any atom is -0.478 e. The van der Waals surface area contributed by atoms with Crippen molar-refractivity contribution in [1.82, 2.24) is 0 Å². The molecule has 11 nitrogen and oxygen atoms in total. The van der Waals surface area contributed by atoms with Crippen molar-refractivity contribution in [3.8, 4) is 0 Å². The lowest BCUT2D eigenvalue weighted by Crippen LogP contribution is -2.30. The molecule has 1 aliphatic heterocycles. The molecule has 13 heteroatoms. The second kappa shape index (κ2) is 12.7. The van der Waals surface area contributed by atoms with Crippen molar-refractivity contribution in [2.45, 2.75) is 52.1 Å². The average molecular weight is 672 g/mol. The number of fused-ring (bicyclic) bond motifs is 2. The average Bonchev–Trinajstić information content (AvgIpc) is 3.25. The first-order valence-corrected chi connectivity index (χ1v) is 17.4. The predicted molar refractivity (Wildman–Crippen MR) is 176 cm³/mol. The van der Waals surface area contributed by atoms with Gasteiger partial charge in [0, 0.05) is 22.2 Å². The van der Waals surface area contributed by atoms with Crippen molar-refractivity contribution in [2.24, 2.45) is 0 Å². The largest absolute Gasteiger partial charge is 0.478 e. The molecule has 0 radical (unpaired) electrons. The van der Waals surface area contributed by atoms with E-state index in [1.54, 1.807) is 48.6 Å². The van der Waals surface area contributed by atoms with Gasteiger partial charge in [0.1, 0.15) is 12.4 Å². The third kappa shape index (κ3) is 7.41. The van der Waals surface area contributed by atoms with Crippen LogP contribution in [0.1, 0.15) is 67.2 Å². The molecule has 0 saturated carbocycles. The van der Waals surface area contributed by atoms with Crippen molar-refractivity contribution in [2.75, 3.05) is 16.5 Å². The highest BCUT2D eigenvalue weighted by Crippen LogP contribution is 2.49. The van der Waals surface area contributed by atoms with E-state index in [-0.39, 0.29) is 12.2 Å². The summed E-state index contributed by atoms with van der Waals surface area (Å²) in [5.74, 6) is -2.39. The molecular weight excluding hydrogens is 634 g/mol. The second-order valence-electron chi connectivity index (χ2n) is 12.4. The van der Waals surface area contributed by atoms with E-state index in [9.17, 15) is 35.8 Å². The van der Waals surface area contributed by atoms with E-state index in [4.69, 9.17) is 5.26 Å². The quantitative estimate of drug-likeness (QED) is 0.0968. The summed E-state index contributed by atoms with van der Waals surface area (Å²) in [6.45, 7) is 9.36. The van der Waals surface area contributed by atoms with Gasteiger partial charge in [-0.1, -0.05) is 81.8 Å². The number of hydrogen-bond acceptors (Lipinski definition) is 8. The Morgan fingerprint density at radius 1 is 0.935 bits per heavy atom. The van der Waals surface area contributed by atoms with Crippen molar-refractivity contribution in [3.63, 3.8) is 0 Å². The predicted octanol–water partition coefficient (Wildman–Crippen LogP) is 5.89. The molecule has 0 aromatic heterocycles. The monoisotopic (exact) mass is 671 g/mol. The first-order chi connectivity index (χ1) is 21.3. The number of aromatic carboxylic acids is 1. The summed E-state index contributed by atoms with van der Waals surface area (Å²) in [7, 11) is -8.77. The minimum absolute atomic E-state index is 0.0349. The lowest BCUT2D eigenvalue weighted by Gasteiger charge is -2.25. The molecule has 0 amide bonds. The molecule has 0 bridgehead atoms. The van der Waals surface area contributed by atoms with E-state index >= 15 is 0 Å². The van der Waals surface area contributed by atoms with Crippen LogP contribution in [-0.2, 0) is 42.6 Å². The maximum atomic E-state index is 11.9. The zero-order valence-corrected chi connectivity index (χ0v) is 27.7. The van der Waals surface area contributed by atoms with E-state index in [1.807, 2.05) is 40.7 Å². The molecule has 0 saturated heterocycles. The Bertz CT molecular complexity index is 1950. The highest BCUT2D eigenvalue weighted by atomic mass is 32.2. The minimum atomic E-state index is -4.42. The molecule has 4 rings (SSSR count). The fourth-order valence-corrected chi connectivity index (χ4v) is 7.38. The van der Waals surface area contributed by atoms with Crippen LogP contribution in [0.2, 0.25) is 0 Å². The van der Waals surface area contributed by atoms with Crippen LogP contribution in [0, 0.1) is 0 Å². The van der Waals surface area contributed by atoms with E-state index in [2.05, 4.69) is 4.89 Å². The van der Waals surface area contributed by atoms with Crippen LogP contribution in [0.5, 0.6) is 0 Å². The van der Waals surface area contributed by atoms with E-state index in [0.29, 0.717) is 39.2 Å². The Morgan fingerprint density at radius 3 is 2.24 bits per heavy atom. The molecule has 0 fully saturated rings. The summed E-state index contributed by atoms with van der Waals surface area (Å²) in [6, 6.07) is 9.73. The normalized spacial score (nSPS) is 18.7. The van der Waals surface area contributed by atoms with Gasteiger partial charge in [-0.25, -0.2) is 9.68 Å². The van der Waals surface area contributed by atoms with Crippen LogP contribution in [0.3, 0.4) is 0 Å². The molecular formula is C33H37NO10S2. The maximum Gasteiger partial charge on any atom is 0.335 e. The van der Waals surface area contributed by atoms with Crippen LogP contribution in [-0.4, -0.2) is 53.9 Å². The van der Waals surface area contributed by atoms with E-state index in [0.717, 1.165) is 11.1 Å². The van der Waals surface area contributed by atoms with Crippen molar-refractivity contribution < 1.29 is 46.0 Å². The summed E-state index contributed by atoms with van der Waals surface area (Å²) < 4.78 is 67.0. The fraction of sp³-hybridized carbons (Fsp3) is 0.303. The van der Waals surface area contributed by atoms with Crippen LogP contribution in [0.25, 0.3) is 5.57 Å². The van der Waals surface area contributed by atoms with Gasteiger partial charge in [-0.3, -0.25) is 14.4 Å². The van der Waals surface area contributed by atoms with Gasteiger partial charge in [0.2, 0.25) is 0 Å². The summed E-state index contributed by atoms with van der Waals surface area (Å²) in [4.78, 5) is 17.3. The number of hydrogen-bond donors (Lipinski definition) is 4. The highest BCUT2D eigenvalue weighted by Gasteiger charge is 2.42. The number of benzene rings is 2. The standard InChI is InChI=1S/C33H37NO10S2/c1-21(8-6-10-26-25(19-45(38,39)40)24-14-12-22(18-44-37)16-27(24)32(26,2)3)9-7-11-30-33(4,5)28-17-23(31(35)36)13-15-29(28)34(30)20-46(41,42)43/h6-17,37H,18-20H2,1-5H3,(H,35,36)(H,38,39,40)(H,41,42,43)/b9-7+,10-6+,21-8+,30-11+. The Hall–Kier alpha value is -3.85. The van der Waals surface area contributed by atoms with Gasteiger partial charge < -0.3 is 10.0 Å². The molecule has 2 aliphatic rings. The Morgan fingerprint density at radius 2 is 1.63 bits per heavy atom. The van der Waals surface area contributed by atoms with E-state index < -0.39 is 48.7 Å². The molecule has 246 valence electrons. The number of nitrogens with zero attached hydrogens (tertiary/aromatic N) is 1. The number of carboxylic acid groups (broad SMARTS) is 1. The van der Waals surface area contributed by atoms with Crippen LogP contribution < -0.4 is 4.90 Å². The third-order valence-electron chi connectivity index (χ3n) is 8.31. The van der Waals surface area contributed by atoms with Crippen molar-refractivity contribution in [1.29, 1.82) is 0 Å². The number of carboxylic acids is 1. The molecule has 0 spiro atoms. The molecule has 0 atom stereocenters. The fourth-order valence-electron chi connectivity index (χ4n) is 6.10. The summed E-state index contributed by atoms with van der Waals surface area (Å²) in [5.41, 5.74) is 4.45. The maximum absolute atomic E-state index is 11.9. The zero-order valence-electron chi connectivity index (χ0n) is 26.1. The second-order valence-corrected chi connectivity index (χ2v) is 15.3. The summed E-state index contributed by atoms with van der Waals surface area (Å²) >= 11 is 0. The van der Waals surface area contributed by atoms with Gasteiger partial charge in [-0.05, 0) is 64.6 Å². The van der Waals surface area contributed by atoms with Crippen LogP contribution >= 0.6 is 0 Å². The van der Waals surface area contributed by atoms with Crippen molar-refractivity contribution >= 4 is 37.5 Å². The lowest BCUT2D eigenvalue weighted by molar-refractivity contribution is -0.253. The number of rotatable bonds is 11. The molecule has 1 aliphatic carbocycles. The zero-order chi connectivity index (χ0) is 34.2. The Kier molecular flexibility index (Phi) is 9.70. The first kappa shape index (κ1) is 35.0. The Balaban J connectivity index is 1.66. The number of anilines is 1. The van der Waals surface area contributed by atoms with Crippen LogP contribution in [0.4, 0.5) is 5.69 Å². The SMILES string of the molecule is CC(/C=C/C=C1/N(CS(=O)(=O)O)c2ccc(C(=O)O)cc2C1(C)C)=C\C=C\C1=C(CS(=O)(=O)O)c2ccc(COO)cc2C1(C)C. The highest BCUT2D eigenvalue weighted by molar-refractivity contribution is 7.86. The third-order valence-corrected chi connectivity index (χ3v) is 9.54. The summed E-state index contributed by atoms with van der Waals surface area (Å²) in [6.07, 6.45) is 10.6. The van der Waals surface area contributed by atoms with E-state index in [1.165, 1.54) is 23.1 Å². The van der Waals surface area contributed by atoms with Gasteiger partial charge in [0.25, 0.3) is 20.2 Å². The topological polar surface area (TPSA) is 179 Å².